The van der Waals surface area contributed by atoms with Crippen molar-refractivity contribution < 1.29 is 17.8 Å². The summed E-state index contributed by atoms with van der Waals surface area (Å²) < 4.78 is 39.3. The quantitative estimate of drug-likeness (QED) is 0.655. The van der Waals surface area contributed by atoms with Gasteiger partial charge in [0.15, 0.2) is 5.01 Å². The Balaban J connectivity index is 1.55. The van der Waals surface area contributed by atoms with Crippen molar-refractivity contribution in [3.05, 3.63) is 28.5 Å². The van der Waals surface area contributed by atoms with Crippen molar-refractivity contribution in [3.8, 4) is 10.4 Å². The van der Waals surface area contributed by atoms with Gasteiger partial charge in [0.1, 0.15) is 5.82 Å². The molecule has 31 heavy (non-hydrogen) atoms. The predicted octanol–water partition coefficient (Wildman–Crippen LogP) is 4.45. The Hall–Kier alpha value is -1.94. The van der Waals surface area contributed by atoms with E-state index in [1.54, 1.807) is 6.92 Å². The summed E-state index contributed by atoms with van der Waals surface area (Å²) in [5, 5.41) is 6.45. The van der Waals surface area contributed by atoms with E-state index in [1.807, 2.05) is 0 Å². The van der Waals surface area contributed by atoms with E-state index < -0.39 is 17.2 Å². The summed E-state index contributed by atoms with van der Waals surface area (Å²) in [5.41, 5.74) is 0.622. The van der Waals surface area contributed by atoms with Crippen LogP contribution in [0.4, 0.5) is 14.6 Å². The molecule has 2 aromatic heterocycles. The number of aromatic nitrogens is 2. The topological polar surface area (TPSA) is 84.0 Å². The molecule has 2 aliphatic rings. The molecule has 0 aromatic carbocycles. The fraction of sp³-hybridized carbons (Fsp3) is 0.571. The third-order valence-corrected chi connectivity index (χ3v) is 8.59. The maximum Gasteiger partial charge on any atom is 0.280 e. The van der Waals surface area contributed by atoms with Gasteiger partial charge in [-0.25, -0.2) is 18.7 Å². The molecule has 0 bridgehead atoms. The Bertz CT molecular complexity index is 997. The van der Waals surface area contributed by atoms with Crippen LogP contribution in [0.5, 0.6) is 0 Å². The third-order valence-electron chi connectivity index (χ3n) is 6.02. The van der Waals surface area contributed by atoms with Crippen molar-refractivity contribution >= 4 is 33.9 Å². The number of anilines is 1. The minimum Gasteiger partial charge on any atom is -0.365 e. The monoisotopic (exact) mass is 468 g/mol. The number of alkyl halides is 2. The number of hydrogen-bond acceptors (Lipinski definition) is 6. The van der Waals surface area contributed by atoms with Gasteiger partial charge in [-0.3, -0.25) is 9.00 Å². The molecule has 10 heteroatoms. The first-order valence-electron chi connectivity index (χ1n) is 10.4. The van der Waals surface area contributed by atoms with Crippen LogP contribution in [0.15, 0.2) is 12.3 Å². The zero-order valence-corrected chi connectivity index (χ0v) is 19.2. The summed E-state index contributed by atoms with van der Waals surface area (Å²) >= 11 is 1.10. The Kier molecular flexibility index (Phi) is 6.39. The second kappa shape index (κ2) is 8.90. The van der Waals surface area contributed by atoms with Crippen molar-refractivity contribution in [1.29, 1.82) is 0 Å². The SMILES string of the molecule is Cc1nc(C(=O)NC2CCS(=O)CC2)sc1-c1cnc(NC2(C)CCC2)cc1C(F)F. The van der Waals surface area contributed by atoms with Crippen molar-refractivity contribution in [1.82, 2.24) is 15.3 Å². The van der Waals surface area contributed by atoms with Crippen LogP contribution in [-0.4, -0.2) is 43.2 Å². The van der Waals surface area contributed by atoms with Crippen LogP contribution in [0.2, 0.25) is 0 Å². The fourth-order valence-electron chi connectivity index (χ4n) is 3.98. The standard InChI is InChI=1S/C21H26F2N4O2S2/c1-12-17(30-20(25-12)19(28)26-13-4-8-31(29)9-5-13)15-11-24-16(10-14(15)18(22)23)27-21(2)6-3-7-21/h10-11,13,18H,3-9H2,1-2H3,(H,24,27)(H,26,28). The van der Waals surface area contributed by atoms with Crippen LogP contribution in [0.1, 0.15) is 66.5 Å². The molecule has 168 valence electrons. The van der Waals surface area contributed by atoms with Gasteiger partial charge in [-0.2, -0.15) is 0 Å². The van der Waals surface area contributed by atoms with E-state index in [-0.39, 0.29) is 28.1 Å². The van der Waals surface area contributed by atoms with E-state index in [0.29, 0.717) is 46.3 Å². The number of halogens is 2. The zero-order chi connectivity index (χ0) is 22.2. The summed E-state index contributed by atoms with van der Waals surface area (Å²) in [4.78, 5) is 21.9. The molecule has 1 aliphatic heterocycles. The Morgan fingerprint density at radius 3 is 2.65 bits per heavy atom. The van der Waals surface area contributed by atoms with Gasteiger partial charge in [0.2, 0.25) is 0 Å². The lowest BCUT2D eigenvalue weighted by molar-refractivity contribution is 0.0934. The van der Waals surface area contributed by atoms with Crippen LogP contribution in [0, 0.1) is 6.92 Å². The maximum absolute atomic E-state index is 13.9. The molecule has 1 aliphatic carbocycles. The van der Waals surface area contributed by atoms with Crippen LogP contribution >= 0.6 is 11.3 Å². The van der Waals surface area contributed by atoms with Crippen molar-refractivity contribution in [3.63, 3.8) is 0 Å². The van der Waals surface area contributed by atoms with Crippen LogP contribution in [-0.2, 0) is 10.8 Å². The third kappa shape index (κ3) is 4.95. The normalized spacial score (nSPS) is 22.7. The van der Waals surface area contributed by atoms with E-state index in [9.17, 15) is 17.8 Å². The largest absolute Gasteiger partial charge is 0.365 e. The average Bonchev–Trinajstić information content (AvgIpc) is 3.10. The van der Waals surface area contributed by atoms with Gasteiger partial charge in [0, 0.05) is 51.2 Å². The first kappa shape index (κ1) is 22.3. The molecule has 2 N–H and O–H groups in total. The van der Waals surface area contributed by atoms with E-state index in [4.69, 9.17) is 0 Å². The Morgan fingerprint density at radius 2 is 2.03 bits per heavy atom. The number of amides is 1. The summed E-state index contributed by atoms with van der Waals surface area (Å²) in [6.45, 7) is 3.78. The Labute approximate surface area is 186 Å². The van der Waals surface area contributed by atoms with Crippen LogP contribution in [0.3, 0.4) is 0 Å². The lowest BCUT2D eigenvalue weighted by Gasteiger charge is -2.39. The van der Waals surface area contributed by atoms with Crippen LogP contribution in [0.25, 0.3) is 10.4 Å². The lowest BCUT2D eigenvalue weighted by Crippen LogP contribution is -2.41. The number of pyridine rings is 1. The van der Waals surface area contributed by atoms with E-state index in [0.717, 1.165) is 30.6 Å². The van der Waals surface area contributed by atoms with Gasteiger partial charge in [-0.05, 0) is 52.0 Å². The number of hydrogen-bond donors (Lipinski definition) is 2. The van der Waals surface area contributed by atoms with E-state index in [1.165, 1.54) is 12.3 Å². The van der Waals surface area contributed by atoms with Gasteiger partial charge < -0.3 is 10.6 Å². The number of rotatable bonds is 6. The molecule has 3 heterocycles. The molecule has 1 saturated heterocycles. The van der Waals surface area contributed by atoms with E-state index >= 15 is 0 Å². The minimum absolute atomic E-state index is 0.0330. The van der Waals surface area contributed by atoms with Crippen LogP contribution < -0.4 is 10.6 Å². The minimum atomic E-state index is -2.67. The highest BCUT2D eigenvalue weighted by Gasteiger charge is 2.32. The molecular formula is C21H26F2N4O2S2. The number of aryl methyl sites for hydroxylation is 1. The summed E-state index contributed by atoms with van der Waals surface area (Å²) in [6, 6.07) is 1.37. The summed E-state index contributed by atoms with van der Waals surface area (Å²) in [5.74, 6) is 1.28. The first-order valence-corrected chi connectivity index (χ1v) is 12.7. The number of nitrogens with zero attached hydrogens (tertiary/aromatic N) is 2. The second-order valence-electron chi connectivity index (χ2n) is 8.53. The molecule has 1 saturated carbocycles. The highest BCUT2D eigenvalue weighted by Crippen LogP contribution is 2.39. The molecular weight excluding hydrogens is 442 g/mol. The van der Waals surface area contributed by atoms with Gasteiger partial charge >= 0.3 is 0 Å². The molecule has 6 nitrogen and oxygen atoms in total. The highest BCUT2D eigenvalue weighted by molar-refractivity contribution is 7.85. The molecule has 0 radical (unpaired) electrons. The maximum atomic E-state index is 13.9. The van der Waals surface area contributed by atoms with Gasteiger partial charge in [-0.15, -0.1) is 11.3 Å². The van der Waals surface area contributed by atoms with Gasteiger partial charge in [0.05, 0.1) is 10.6 Å². The molecule has 0 spiro atoms. The number of carbonyl (C=O) groups is 1. The van der Waals surface area contributed by atoms with E-state index in [2.05, 4.69) is 27.5 Å². The molecule has 0 atom stereocenters. The van der Waals surface area contributed by atoms with Crippen molar-refractivity contribution in [2.24, 2.45) is 0 Å². The lowest BCUT2D eigenvalue weighted by atomic mass is 9.78. The zero-order valence-electron chi connectivity index (χ0n) is 17.5. The molecule has 2 aromatic rings. The molecule has 0 unspecified atom stereocenters. The summed E-state index contributed by atoms with van der Waals surface area (Å²) in [6.07, 6.45) is 3.21. The van der Waals surface area contributed by atoms with Crippen molar-refractivity contribution in [2.75, 3.05) is 16.8 Å². The Morgan fingerprint density at radius 1 is 1.32 bits per heavy atom. The average molecular weight is 469 g/mol. The smallest absolute Gasteiger partial charge is 0.280 e. The van der Waals surface area contributed by atoms with Gasteiger partial charge in [0.25, 0.3) is 12.3 Å². The predicted molar refractivity (Wildman–Crippen MR) is 119 cm³/mol. The second-order valence-corrected chi connectivity index (χ2v) is 11.2. The molecule has 4 rings (SSSR count). The number of nitrogens with one attached hydrogen (secondary N) is 2. The molecule has 1 amide bonds. The fourth-order valence-corrected chi connectivity index (χ4v) is 6.28. The molecule has 2 fully saturated rings. The first-order chi connectivity index (χ1) is 14.7. The summed E-state index contributed by atoms with van der Waals surface area (Å²) in [7, 11) is -0.805. The number of carbonyl (C=O) groups excluding carboxylic acids is 1. The van der Waals surface area contributed by atoms with Crippen molar-refractivity contribution in [2.45, 2.75) is 64.0 Å². The van der Waals surface area contributed by atoms with Gasteiger partial charge in [-0.1, -0.05) is 0 Å². The highest BCUT2D eigenvalue weighted by atomic mass is 32.2. The number of thiazole rings is 1.